The van der Waals surface area contributed by atoms with E-state index < -0.39 is 12.0 Å². The first kappa shape index (κ1) is 18.5. The number of nitrogens with one attached hydrogen (secondary N) is 3. The predicted octanol–water partition coefficient (Wildman–Crippen LogP) is 2.32. The summed E-state index contributed by atoms with van der Waals surface area (Å²) < 4.78 is 15.3. The number of carbonyl (C=O) groups excluding carboxylic acids is 2. The molecule has 1 aliphatic rings. The van der Waals surface area contributed by atoms with Crippen molar-refractivity contribution in [1.82, 2.24) is 30.2 Å². The van der Waals surface area contributed by atoms with Crippen molar-refractivity contribution in [2.75, 3.05) is 5.32 Å². The van der Waals surface area contributed by atoms with Gasteiger partial charge in [-0.05, 0) is 31.9 Å². The van der Waals surface area contributed by atoms with Gasteiger partial charge in [0.1, 0.15) is 5.82 Å². The number of hydrogen-bond acceptors (Lipinski definition) is 6. The van der Waals surface area contributed by atoms with Crippen molar-refractivity contribution in [1.29, 1.82) is 0 Å². The zero-order chi connectivity index (χ0) is 20.4. The first-order chi connectivity index (χ1) is 14.0. The van der Waals surface area contributed by atoms with Crippen molar-refractivity contribution in [3.63, 3.8) is 0 Å². The van der Waals surface area contributed by atoms with Gasteiger partial charge in [0.25, 0.3) is 0 Å². The van der Waals surface area contributed by atoms with E-state index in [2.05, 4.69) is 25.7 Å². The minimum Gasteiger partial charge on any atom is -0.367 e. The Bertz CT molecular complexity index is 1120. The number of allylic oxidation sites excluding steroid dienone is 1. The third kappa shape index (κ3) is 4.21. The van der Waals surface area contributed by atoms with Crippen molar-refractivity contribution in [3.8, 4) is 11.3 Å². The molecule has 3 N–H and O–H groups in total. The predicted molar refractivity (Wildman–Crippen MR) is 104 cm³/mol. The maximum Gasteiger partial charge on any atom is 0.325 e. The minimum atomic E-state index is -0.637. The molecule has 1 fully saturated rings. The van der Waals surface area contributed by atoms with Crippen molar-refractivity contribution in [3.05, 3.63) is 47.8 Å². The molecule has 148 valence electrons. The largest absolute Gasteiger partial charge is 0.367 e. The van der Waals surface area contributed by atoms with Gasteiger partial charge in [-0.3, -0.25) is 10.1 Å². The van der Waals surface area contributed by atoms with Gasteiger partial charge < -0.3 is 10.6 Å². The van der Waals surface area contributed by atoms with Crippen molar-refractivity contribution in [2.45, 2.75) is 25.8 Å². The summed E-state index contributed by atoms with van der Waals surface area (Å²) in [5.41, 5.74) is 2.86. The molecule has 0 aliphatic heterocycles. The maximum absolute atomic E-state index is 13.6. The molecule has 3 aromatic rings. The van der Waals surface area contributed by atoms with Gasteiger partial charge >= 0.3 is 6.03 Å². The van der Waals surface area contributed by atoms with E-state index in [9.17, 15) is 14.0 Å². The van der Waals surface area contributed by atoms with E-state index in [1.807, 2.05) is 11.4 Å². The van der Waals surface area contributed by atoms with Crippen LogP contribution in [0.5, 0.6) is 0 Å². The van der Waals surface area contributed by atoms with Crippen LogP contribution < -0.4 is 16.0 Å². The van der Waals surface area contributed by atoms with Crippen LogP contribution in [-0.2, 0) is 4.79 Å². The molecule has 0 saturated heterocycles. The van der Waals surface area contributed by atoms with E-state index in [4.69, 9.17) is 0 Å². The Labute approximate surface area is 165 Å². The Morgan fingerprint density at radius 2 is 2.17 bits per heavy atom. The van der Waals surface area contributed by atoms with E-state index in [0.29, 0.717) is 40.6 Å². The first-order valence-electron chi connectivity index (χ1n) is 9.00. The number of rotatable bonds is 6. The monoisotopic (exact) mass is 395 g/mol. The SMILES string of the molecule is C/C(=C/c1cnn2c(NC3CC3)cc(-c3ccnc(F)c3)nc12)NC(=O)NC=O. The number of halogens is 1. The third-order valence-corrected chi connectivity index (χ3v) is 4.32. The second-order valence-electron chi connectivity index (χ2n) is 6.69. The topological polar surface area (TPSA) is 113 Å². The number of imide groups is 1. The lowest BCUT2D eigenvalue weighted by Gasteiger charge is -2.10. The van der Waals surface area contributed by atoms with Gasteiger partial charge in [-0.2, -0.15) is 14.0 Å². The van der Waals surface area contributed by atoms with E-state index >= 15 is 0 Å². The smallest absolute Gasteiger partial charge is 0.325 e. The zero-order valence-electron chi connectivity index (χ0n) is 15.5. The molecule has 0 aromatic carbocycles. The van der Waals surface area contributed by atoms with Gasteiger partial charge in [0.15, 0.2) is 5.65 Å². The fraction of sp³-hybridized carbons (Fsp3) is 0.211. The van der Waals surface area contributed by atoms with Gasteiger partial charge in [-0.25, -0.2) is 14.8 Å². The van der Waals surface area contributed by atoms with Crippen molar-refractivity contribution in [2.24, 2.45) is 0 Å². The Morgan fingerprint density at radius 3 is 2.90 bits per heavy atom. The second kappa shape index (κ2) is 7.66. The molecule has 3 aromatic heterocycles. The number of amides is 3. The summed E-state index contributed by atoms with van der Waals surface area (Å²) in [7, 11) is 0. The Balaban J connectivity index is 1.77. The lowest BCUT2D eigenvalue weighted by molar-refractivity contribution is -0.108. The number of urea groups is 1. The third-order valence-electron chi connectivity index (χ3n) is 4.32. The number of carbonyl (C=O) groups is 2. The fourth-order valence-corrected chi connectivity index (χ4v) is 2.87. The molecule has 0 spiro atoms. The van der Waals surface area contributed by atoms with Gasteiger partial charge in [0.05, 0.1) is 11.9 Å². The standard InChI is InChI=1S/C19H18FN7O2/c1-11(24-19(29)22-10-28)6-13-9-23-27-17(25-14-2-3-14)8-15(26-18(13)27)12-4-5-21-16(20)7-12/h4-10,14,25H,2-3H2,1H3,(H2,22,24,28,29)/b11-6-. The number of anilines is 1. The summed E-state index contributed by atoms with van der Waals surface area (Å²) in [5, 5.41) is 12.4. The van der Waals surface area contributed by atoms with Gasteiger partial charge in [-0.15, -0.1) is 0 Å². The van der Waals surface area contributed by atoms with Crippen LogP contribution >= 0.6 is 0 Å². The molecule has 0 unspecified atom stereocenters. The van der Waals surface area contributed by atoms with Crippen LogP contribution in [0.2, 0.25) is 0 Å². The summed E-state index contributed by atoms with van der Waals surface area (Å²) in [4.78, 5) is 30.1. The van der Waals surface area contributed by atoms with E-state index in [1.165, 1.54) is 12.3 Å². The highest BCUT2D eigenvalue weighted by atomic mass is 19.1. The number of pyridine rings is 1. The summed E-state index contributed by atoms with van der Waals surface area (Å²) in [6.07, 6.45) is 7.16. The van der Waals surface area contributed by atoms with Crippen molar-refractivity contribution < 1.29 is 14.0 Å². The molecule has 0 bridgehead atoms. The highest BCUT2D eigenvalue weighted by molar-refractivity contribution is 5.86. The molecular weight excluding hydrogens is 377 g/mol. The number of hydrogen-bond donors (Lipinski definition) is 3. The molecule has 3 amide bonds. The summed E-state index contributed by atoms with van der Waals surface area (Å²) in [6, 6.07) is 4.57. The summed E-state index contributed by atoms with van der Waals surface area (Å²) in [6.45, 7) is 1.68. The average Bonchev–Trinajstić information content (AvgIpc) is 3.41. The minimum absolute atomic E-state index is 0.301. The molecule has 1 aliphatic carbocycles. The first-order valence-corrected chi connectivity index (χ1v) is 9.00. The normalized spacial score (nSPS) is 13.9. The Kier molecular flexibility index (Phi) is 4.90. The number of nitrogens with zero attached hydrogens (tertiary/aromatic N) is 4. The fourth-order valence-electron chi connectivity index (χ4n) is 2.87. The van der Waals surface area contributed by atoms with Crippen LogP contribution in [0.25, 0.3) is 23.0 Å². The van der Waals surface area contributed by atoms with Crippen LogP contribution in [-0.4, -0.2) is 38.1 Å². The molecule has 0 atom stereocenters. The highest BCUT2D eigenvalue weighted by Crippen LogP contribution is 2.29. The van der Waals surface area contributed by atoms with Crippen LogP contribution in [0.15, 0.2) is 36.3 Å². The van der Waals surface area contributed by atoms with Gasteiger partial charge in [-0.1, -0.05) is 0 Å². The molecule has 29 heavy (non-hydrogen) atoms. The molecule has 0 radical (unpaired) electrons. The molecule has 4 rings (SSSR count). The molecule has 3 heterocycles. The van der Waals surface area contributed by atoms with Crippen molar-refractivity contribution >= 4 is 30.0 Å². The molecular formula is C19H18FN7O2. The lowest BCUT2D eigenvalue weighted by Crippen LogP contribution is -2.33. The maximum atomic E-state index is 13.6. The van der Waals surface area contributed by atoms with Crippen LogP contribution in [0.4, 0.5) is 15.0 Å². The molecule has 1 saturated carbocycles. The Morgan fingerprint density at radius 1 is 1.34 bits per heavy atom. The van der Waals surface area contributed by atoms with E-state index in [1.54, 1.807) is 29.8 Å². The van der Waals surface area contributed by atoms with Gasteiger partial charge in [0.2, 0.25) is 12.4 Å². The van der Waals surface area contributed by atoms with E-state index in [-0.39, 0.29) is 0 Å². The second-order valence-corrected chi connectivity index (χ2v) is 6.69. The Hall–Kier alpha value is -3.82. The van der Waals surface area contributed by atoms with Crippen LogP contribution in [0.1, 0.15) is 25.3 Å². The highest BCUT2D eigenvalue weighted by Gasteiger charge is 2.23. The molecule has 9 nitrogen and oxygen atoms in total. The van der Waals surface area contributed by atoms with Crippen LogP contribution in [0.3, 0.4) is 0 Å². The number of aromatic nitrogens is 4. The lowest BCUT2D eigenvalue weighted by atomic mass is 10.2. The summed E-state index contributed by atoms with van der Waals surface area (Å²) in [5.74, 6) is 0.157. The molecule has 10 heteroatoms. The summed E-state index contributed by atoms with van der Waals surface area (Å²) >= 11 is 0. The zero-order valence-corrected chi connectivity index (χ0v) is 15.5. The van der Waals surface area contributed by atoms with E-state index in [0.717, 1.165) is 18.7 Å². The number of fused-ring (bicyclic) bond motifs is 1. The van der Waals surface area contributed by atoms with Crippen LogP contribution in [0, 0.1) is 5.95 Å². The average molecular weight is 395 g/mol. The quantitative estimate of drug-likeness (QED) is 0.436. The van der Waals surface area contributed by atoms with Gasteiger partial charge in [0, 0.05) is 41.2 Å².